The van der Waals surface area contributed by atoms with E-state index in [1.54, 1.807) is 13.8 Å². The monoisotopic (exact) mass is 334 g/mol. The van der Waals surface area contributed by atoms with Crippen molar-refractivity contribution >= 4 is 5.97 Å². The lowest BCUT2D eigenvalue weighted by atomic mass is 10.0. The van der Waals surface area contributed by atoms with Gasteiger partial charge in [-0.15, -0.1) is 0 Å². The lowest BCUT2D eigenvalue weighted by Crippen LogP contribution is -2.09. The zero-order chi connectivity index (χ0) is 17.9. The highest BCUT2D eigenvalue weighted by molar-refractivity contribution is 5.91. The molecule has 2 aromatic rings. The van der Waals surface area contributed by atoms with Crippen molar-refractivity contribution in [3.8, 4) is 17.3 Å². The number of halogens is 3. The molecule has 0 radical (unpaired) electrons. The third-order valence-corrected chi connectivity index (χ3v) is 3.31. The van der Waals surface area contributed by atoms with Gasteiger partial charge in [-0.05, 0) is 32.0 Å². The zero-order valence-electron chi connectivity index (χ0n) is 12.9. The highest BCUT2D eigenvalue weighted by Crippen LogP contribution is 2.31. The fraction of sp³-hybridized carbons (Fsp3) is 0.235. The van der Waals surface area contributed by atoms with Gasteiger partial charge in [0.2, 0.25) is 0 Å². The fourth-order valence-corrected chi connectivity index (χ4v) is 2.14. The van der Waals surface area contributed by atoms with E-state index in [0.717, 1.165) is 12.1 Å². The summed E-state index contributed by atoms with van der Waals surface area (Å²) in [5, 5.41) is 9.27. The molecule has 24 heavy (non-hydrogen) atoms. The summed E-state index contributed by atoms with van der Waals surface area (Å²) in [6, 6.07) is 7.59. The second kappa shape index (κ2) is 6.71. The molecular weight excluding hydrogens is 321 g/mol. The Bertz CT molecular complexity index is 806. The Hall–Kier alpha value is -2.88. The lowest BCUT2D eigenvalue weighted by molar-refractivity contribution is -0.137. The number of esters is 1. The van der Waals surface area contributed by atoms with Gasteiger partial charge < -0.3 is 4.74 Å². The van der Waals surface area contributed by atoms with Gasteiger partial charge in [0.1, 0.15) is 6.07 Å². The highest BCUT2D eigenvalue weighted by Gasteiger charge is 2.30. The first-order valence-corrected chi connectivity index (χ1v) is 7.04. The Labute approximate surface area is 136 Å². The van der Waals surface area contributed by atoms with Crippen LogP contribution in [0.15, 0.2) is 30.3 Å². The molecule has 1 heterocycles. The van der Waals surface area contributed by atoms with Crippen LogP contribution in [0.5, 0.6) is 0 Å². The summed E-state index contributed by atoms with van der Waals surface area (Å²) >= 11 is 0. The first-order chi connectivity index (χ1) is 11.3. The molecule has 0 aliphatic heterocycles. The Morgan fingerprint density at radius 3 is 2.42 bits per heavy atom. The van der Waals surface area contributed by atoms with Gasteiger partial charge in [-0.2, -0.15) is 18.4 Å². The smallest absolute Gasteiger partial charge is 0.416 e. The van der Waals surface area contributed by atoms with Crippen molar-refractivity contribution in [3.63, 3.8) is 0 Å². The summed E-state index contributed by atoms with van der Waals surface area (Å²) in [5.41, 5.74) is 0.370. The number of aromatic nitrogens is 1. The Morgan fingerprint density at radius 1 is 1.29 bits per heavy atom. The van der Waals surface area contributed by atoms with Gasteiger partial charge in [0.15, 0.2) is 0 Å². The maximum Gasteiger partial charge on any atom is 0.416 e. The van der Waals surface area contributed by atoms with Gasteiger partial charge in [0, 0.05) is 5.56 Å². The summed E-state index contributed by atoms with van der Waals surface area (Å²) in [4.78, 5) is 16.0. The number of pyridine rings is 1. The molecule has 1 aromatic heterocycles. The number of carbonyl (C=O) groups excluding carboxylic acids is 1. The van der Waals surface area contributed by atoms with Crippen LogP contribution in [0, 0.1) is 18.3 Å². The molecule has 0 amide bonds. The maximum atomic E-state index is 12.6. The number of hydrogen-bond donors (Lipinski definition) is 0. The minimum atomic E-state index is -4.44. The molecule has 1 aromatic carbocycles. The topological polar surface area (TPSA) is 63.0 Å². The molecule has 124 valence electrons. The predicted octanol–water partition coefficient (Wildman–Crippen LogP) is 4.12. The minimum Gasteiger partial charge on any atom is -0.462 e. The van der Waals surface area contributed by atoms with Crippen LogP contribution in [-0.4, -0.2) is 17.6 Å². The number of hydrogen-bond acceptors (Lipinski definition) is 4. The van der Waals surface area contributed by atoms with Crippen molar-refractivity contribution in [1.29, 1.82) is 5.26 Å². The third-order valence-electron chi connectivity index (χ3n) is 3.31. The van der Waals surface area contributed by atoms with Crippen LogP contribution in [-0.2, 0) is 10.9 Å². The number of aryl methyl sites for hydroxylation is 1. The van der Waals surface area contributed by atoms with Gasteiger partial charge in [0.25, 0.3) is 0 Å². The number of benzene rings is 1. The van der Waals surface area contributed by atoms with E-state index in [1.807, 2.05) is 6.07 Å². The van der Waals surface area contributed by atoms with Crippen LogP contribution >= 0.6 is 0 Å². The number of carbonyl (C=O) groups is 1. The maximum absolute atomic E-state index is 12.6. The Morgan fingerprint density at radius 2 is 1.92 bits per heavy atom. The molecule has 2 rings (SSSR count). The van der Waals surface area contributed by atoms with E-state index in [4.69, 9.17) is 4.74 Å². The van der Waals surface area contributed by atoms with Crippen LogP contribution in [0.1, 0.15) is 34.1 Å². The molecule has 0 aliphatic rings. The minimum absolute atomic E-state index is 0.0865. The molecule has 0 spiro atoms. The number of alkyl halides is 3. The van der Waals surface area contributed by atoms with Crippen LogP contribution in [0.25, 0.3) is 11.3 Å². The van der Waals surface area contributed by atoms with E-state index in [0.29, 0.717) is 11.3 Å². The zero-order valence-corrected chi connectivity index (χ0v) is 12.9. The van der Waals surface area contributed by atoms with Crippen molar-refractivity contribution < 1.29 is 22.7 Å². The SMILES string of the molecule is CCOC(=O)c1cc(C#N)c(-c2ccc(C(F)(F)F)cc2)nc1C. The second-order valence-corrected chi connectivity index (χ2v) is 4.92. The molecule has 0 fully saturated rings. The van der Waals surface area contributed by atoms with E-state index >= 15 is 0 Å². The molecule has 0 aliphatic carbocycles. The average molecular weight is 334 g/mol. The highest BCUT2D eigenvalue weighted by atomic mass is 19.4. The molecule has 4 nitrogen and oxygen atoms in total. The van der Waals surface area contributed by atoms with Crippen LogP contribution in [0.4, 0.5) is 13.2 Å². The van der Waals surface area contributed by atoms with E-state index in [9.17, 15) is 23.2 Å². The fourth-order valence-electron chi connectivity index (χ4n) is 2.14. The first kappa shape index (κ1) is 17.5. The summed E-state index contributed by atoms with van der Waals surface area (Å²) in [6.45, 7) is 3.41. The molecule has 0 saturated carbocycles. The molecule has 0 atom stereocenters. The summed E-state index contributed by atoms with van der Waals surface area (Å²) in [6.07, 6.45) is -4.44. The first-order valence-electron chi connectivity index (χ1n) is 7.04. The second-order valence-electron chi connectivity index (χ2n) is 4.92. The number of ether oxygens (including phenoxy) is 1. The number of nitriles is 1. The van der Waals surface area contributed by atoms with Crippen molar-refractivity contribution in [2.45, 2.75) is 20.0 Å². The van der Waals surface area contributed by atoms with Crippen molar-refractivity contribution in [2.24, 2.45) is 0 Å². The van der Waals surface area contributed by atoms with E-state index in [-0.39, 0.29) is 23.4 Å². The summed E-state index contributed by atoms with van der Waals surface area (Å²) < 4.78 is 42.8. The molecule has 7 heteroatoms. The van der Waals surface area contributed by atoms with Gasteiger partial charge in [0.05, 0.1) is 34.7 Å². The lowest BCUT2D eigenvalue weighted by Gasteiger charge is -2.11. The normalized spacial score (nSPS) is 11.0. The predicted molar refractivity (Wildman–Crippen MR) is 80.1 cm³/mol. The van der Waals surface area contributed by atoms with E-state index < -0.39 is 17.7 Å². The third kappa shape index (κ3) is 3.54. The van der Waals surface area contributed by atoms with Crippen LogP contribution < -0.4 is 0 Å². The summed E-state index contributed by atoms with van der Waals surface area (Å²) in [5.74, 6) is -0.599. The Balaban J connectivity index is 2.50. The van der Waals surface area contributed by atoms with E-state index in [2.05, 4.69) is 4.98 Å². The van der Waals surface area contributed by atoms with E-state index in [1.165, 1.54) is 18.2 Å². The van der Waals surface area contributed by atoms with Gasteiger partial charge >= 0.3 is 12.1 Å². The largest absolute Gasteiger partial charge is 0.462 e. The van der Waals surface area contributed by atoms with Crippen molar-refractivity contribution in [2.75, 3.05) is 6.61 Å². The van der Waals surface area contributed by atoms with Crippen LogP contribution in [0.2, 0.25) is 0 Å². The van der Waals surface area contributed by atoms with Gasteiger partial charge in [-0.1, -0.05) is 12.1 Å². The molecular formula is C17H13F3N2O2. The summed E-state index contributed by atoms with van der Waals surface area (Å²) in [7, 11) is 0. The van der Waals surface area contributed by atoms with Crippen LogP contribution in [0.3, 0.4) is 0 Å². The van der Waals surface area contributed by atoms with Gasteiger partial charge in [-0.25, -0.2) is 4.79 Å². The quantitative estimate of drug-likeness (QED) is 0.792. The van der Waals surface area contributed by atoms with Crippen molar-refractivity contribution in [1.82, 2.24) is 4.98 Å². The molecule has 0 saturated heterocycles. The van der Waals surface area contributed by atoms with Crippen molar-refractivity contribution in [3.05, 3.63) is 52.7 Å². The average Bonchev–Trinajstić information content (AvgIpc) is 2.54. The number of rotatable bonds is 3. The standard InChI is InChI=1S/C17H13F3N2O2/c1-3-24-16(23)14-8-12(9-21)15(22-10(14)2)11-4-6-13(7-5-11)17(18,19)20/h4-8H,3H2,1-2H3. The van der Waals surface area contributed by atoms with Gasteiger partial charge in [-0.3, -0.25) is 4.98 Å². The molecule has 0 bridgehead atoms. The molecule has 0 N–H and O–H groups in total. The Kier molecular flexibility index (Phi) is 4.88. The number of nitrogens with zero attached hydrogens (tertiary/aromatic N) is 2. The molecule has 0 unspecified atom stereocenters.